The number of ether oxygens (including phenoxy) is 2. The lowest BCUT2D eigenvalue weighted by molar-refractivity contribution is -0.139. The van der Waals surface area contributed by atoms with Crippen LogP contribution in [0.5, 0.6) is 0 Å². The number of epoxide rings is 1. The fourth-order valence-corrected chi connectivity index (χ4v) is 1.00. The third-order valence-electron chi connectivity index (χ3n) is 1.74. The van der Waals surface area contributed by atoms with Gasteiger partial charge in [-0.05, 0) is 12.3 Å². The van der Waals surface area contributed by atoms with Crippen LogP contribution in [0, 0.1) is 5.92 Å². The van der Waals surface area contributed by atoms with Crippen LogP contribution < -0.4 is 0 Å². The van der Waals surface area contributed by atoms with Crippen LogP contribution in [0.25, 0.3) is 0 Å². The predicted octanol–water partition coefficient (Wildman–Crippen LogP) is 1.14. The highest BCUT2D eigenvalue weighted by Crippen LogP contribution is 2.19. The average molecular weight is 170 g/mol. The summed E-state index contributed by atoms with van der Waals surface area (Å²) in [5, 5.41) is 0. The summed E-state index contributed by atoms with van der Waals surface area (Å²) in [6.45, 7) is 6.68. The van der Waals surface area contributed by atoms with Crippen LogP contribution >= 0.6 is 0 Å². The minimum absolute atomic E-state index is 0.349. The van der Waals surface area contributed by atoms with Gasteiger partial charge in [0.15, 0.2) is 0 Å². The summed E-state index contributed by atoms with van der Waals surface area (Å²) < 4.78 is 9.92. The number of carbonyl (C=O) groups excluding carboxylic acids is 1. The molecule has 68 valence electrons. The number of rotatable bonds is 5. The Hall–Kier alpha value is -0.830. The molecule has 1 saturated heterocycles. The molecule has 0 saturated carbocycles. The molecule has 0 aromatic rings. The summed E-state index contributed by atoms with van der Waals surface area (Å²) in [6.07, 6.45) is 2.56. The van der Waals surface area contributed by atoms with Gasteiger partial charge in [0.05, 0.1) is 19.3 Å². The molecule has 0 N–H and O–H groups in total. The second-order valence-corrected chi connectivity index (χ2v) is 3.13. The van der Waals surface area contributed by atoms with E-state index in [-0.39, 0.29) is 5.97 Å². The van der Waals surface area contributed by atoms with Gasteiger partial charge in [-0.2, -0.15) is 0 Å². The number of hydrogen-bond donors (Lipinski definition) is 0. The molecule has 0 amide bonds. The van der Waals surface area contributed by atoms with E-state index >= 15 is 0 Å². The van der Waals surface area contributed by atoms with E-state index in [1.54, 1.807) is 0 Å². The third-order valence-corrected chi connectivity index (χ3v) is 1.74. The lowest BCUT2D eigenvalue weighted by Gasteiger charge is -2.08. The van der Waals surface area contributed by atoms with Crippen molar-refractivity contribution in [1.82, 2.24) is 0 Å². The first-order chi connectivity index (χ1) is 5.72. The Kier molecular flexibility index (Phi) is 3.29. The van der Waals surface area contributed by atoms with Crippen molar-refractivity contribution in [1.29, 1.82) is 0 Å². The second kappa shape index (κ2) is 4.26. The van der Waals surface area contributed by atoms with E-state index in [0.717, 1.165) is 13.0 Å². The molecular formula is C9H14O3. The molecule has 1 fully saturated rings. The Morgan fingerprint density at radius 1 is 1.92 bits per heavy atom. The summed E-state index contributed by atoms with van der Waals surface area (Å²) in [5.74, 6) is 0.0277. The molecule has 1 rings (SSSR count). The summed E-state index contributed by atoms with van der Waals surface area (Å²) in [4.78, 5) is 10.6. The molecule has 0 radical (unpaired) electrons. The minimum Gasteiger partial charge on any atom is -0.462 e. The van der Waals surface area contributed by atoms with Crippen molar-refractivity contribution >= 4 is 5.97 Å². The molecule has 0 spiro atoms. The highest BCUT2D eigenvalue weighted by atomic mass is 16.6. The molecule has 2 unspecified atom stereocenters. The van der Waals surface area contributed by atoms with Crippen molar-refractivity contribution in [3.63, 3.8) is 0 Å². The quantitative estimate of drug-likeness (QED) is 0.353. The molecule has 1 aliphatic rings. The molecule has 1 heterocycles. The van der Waals surface area contributed by atoms with Gasteiger partial charge in [0, 0.05) is 6.08 Å². The largest absolute Gasteiger partial charge is 0.462 e. The van der Waals surface area contributed by atoms with Gasteiger partial charge in [0.2, 0.25) is 0 Å². The second-order valence-electron chi connectivity index (χ2n) is 3.13. The van der Waals surface area contributed by atoms with E-state index in [1.807, 2.05) is 6.92 Å². The predicted molar refractivity (Wildman–Crippen MR) is 44.7 cm³/mol. The van der Waals surface area contributed by atoms with Gasteiger partial charge in [-0.25, -0.2) is 4.79 Å². The highest BCUT2D eigenvalue weighted by Gasteiger charge is 2.24. The lowest BCUT2D eigenvalue weighted by Crippen LogP contribution is -2.11. The van der Waals surface area contributed by atoms with E-state index < -0.39 is 0 Å². The number of hydrogen-bond acceptors (Lipinski definition) is 3. The van der Waals surface area contributed by atoms with Crippen molar-refractivity contribution < 1.29 is 14.3 Å². The zero-order valence-electron chi connectivity index (χ0n) is 7.29. The van der Waals surface area contributed by atoms with Crippen molar-refractivity contribution in [2.45, 2.75) is 19.4 Å². The smallest absolute Gasteiger partial charge is 0.330 e. The Balaban J connectivity index is 2.04. The molecule has 1 aliphatic heterocycles. The first-order valence-electron chi connectivity index (χ1n) is 4.13. The Bertz CT molecular complexity index is 173. The maximum atomic E-state index is 10.6. The fraction of sp³-hybridized carbons (Fsp3) is 0.667. The Morgan fingerprint density at radius 2 is 2.58 bits per heavy atom. The maximum Gasteiger partial charge on any atom is 0.330 e. The summed E-state index contributed by atoms with van der Waals surface area (Å²) in [7, 11) is 0. The van der Waals surface area contributed by atoms with Gasteiger partial charge in [-0.15, -0.1) is 0 Å². The van der Waals surface area contributed by atoms with Crippen LogP contribution in [-0.4, -0.2) is 25.3 Å². The van der Waals surface area contributed by atoms with Crippen molar-refractivity contribution in [3.05, 3.63) is 12.7 Å². The molecule has 12 heavy (non-hydrogen) atoms. The monoisotopic (exact) mass is 170 g/mol. The fourth-order valence-electron chi connectivity index (χ4n) is 1.00. The van der Waals surface area contributed by atoms with E-state index in [2.05, 4.69) is 6.58 Å². The third kappa shape index (κ3) is 3.53. The molecule has 3 heteroatoms. The van der Waals surface area contributed by atoms with Gasteiger partial charge in [0.25, 0.3) is 0 Å². The van der Waals surface area contributed by atoms with E-state index in [4.69, 9.17) is 9.47 Å². The number of esters is 1. The Morgan fingerprint density at radius 3 is 3.08 bits per heavy atom. The minimum atomic E-state index is -0.349. The Labute approximate surface area is 72.4 Å². The average Bonchev–Trinajstić information content (AvgIpc) is 2.84. The molecule has 2 atom stereocenters. The molecule has 3 nitrogen and oxygen atoms in total. The SMILES string of the molecule is C=CC(=O)OCC(C)CC1CO1. The first kappa shape index (κ1) is 9.26. The van der Waals surface area contributed by atoms with Crippen LogP contribution in [-0.2, 0) is 14.3 Å². The molecule has 0 aromatic carbocycles. The van der Waals surface area contributed by atoms with Gasteiger partial charge in [-0.1, -0.05) is 13.5 Å². The lowest BCUT2D eigenvalue weighted by atomic mass is 10.1. The first-order valence-corrected chi connectivity index (χ1v) is 4.13. The van der Waals surface area contributed by atoms with Gasteiger partial charge in [0.1, 0.15) is 0 Å². The van der Waals surface area contributed by atoms with Gasteiger partial charge in [-0.3, -0.25) is 0 Å². The van der Waals surface area contributed by atoms with Crippen LogP contribution in [0.2, 0.25) is 0 Å². The van der Waals surface area contributed by atoms with E-state index in [1.165, 1.54) is 6.08 Å². The summed E-state index contributed by atoms with van der Waals surface area (Å²) in [6, 6.07) is 0. The van der Waals surface area contributed by atoms with Crippen molar-refractivity contribution in [2.24, 2.45) is 5.92 Å². The van der Waals surface area contributed by atoms with Crippen molar-refractivity contribution in [2.75, 3.05) is 13.2 Å². The van der Waals surface area contributed by atoms with Gasteiger partial charge < -0.3 is 9.47 Å². The molecule has 0 aromatic heterocycles. The van der Waals surface area contributed by atoms with Gasteiger partial charge >= 0.3 is 5.97 Å². The van der Waals surface area contributed by atoms with Crippen LogP contribution in [0.4, 0.5) is 0 Å². The molecule has 0 bridgehead atoms. The summed E-state index contributed by atoms with van der Waals surface area (Å²) >= 11 is 0. The van der Waals surface area contributed by atoms with E-state index in [0.29, 0.717) is 18.6 Å². The van der Waals surface area contributed by atoms with Crippen LogP contribution in [0.3, 0.4) is 0 Å². The van der Waals surface area contributed by atoms with E-state index in [9.17, 15) is 4.79 Å². The van der Waals surface area contributed by atoms with Crippen LogP contribution in [0.1, 0.15) is 13.3 Å². The standard InChI is InChI=1S/C9H14O3/c1-3-9(10)12-5-7(2)4-8-6-11-8/h3,7-8H,1,4-6H2,2H3. The maximum absolute atomic E-state index is 10.6. The van der Waals surface area contributed by atoms with Crippen LogP contribution in [0.15, 0.2) is 12.7 Å². The molecular weight excluding hydrogens is 156 g/mol. The normalized spacial score (nSPS) is 22.9. The number of carbonyl (C=O) groups is 1. The zero-order chi connectivity index (χ0) is 8.97. The van der Waals surface area contributed by atoms with Crippen molar-refractivity contribution in [3.8, 4) is 0 Å². The molecule has 0 aliphatic carbocycles. The summed E-state index contributed by atoms with van der Waals surface area (Å²) in [5.41, 5.74) is 0. The highest BCUT2D eigenvalue weighted by molar-refractivity contribution is 5.81. The zero-order valence-corrected chi connectivity index (χ0v) is 7.29. The topological polar surface area (TPSA) is 38.8 Å².